The summed E-state index contributed by atoms with van der Waals surface area (Å²) in [5, 5.41) is -0.132. The van der Waals surface area contributed by atoms with E-state index in [0.29, 0.717) is 0 Å². The van der Waals surface area contributed by atoms with Crippen molar-refractivity contribution in [2.75, 3.05) is 44.7 Å². The number of rotatable bonds is 4. The van der Waals surface area contributed by atoms with Crippen molar-refractivity contribution in [3.63, 3.8) is 0 Å². The van der Waals surface area contributed by atoms with Crippen molar-refractivity contribution in [1.82, 2.24) is 19.9 Å². The van der Waals surface area contributed by atoms with Gasteiger partial charge in [-0.1, -0.05) is 34.8 Å². The summed E-state index contributed by atoms with van der Waals surface area (Å²) in [6.07, 6.45) is 0. The van der Waals surface area contributed by atoms with Gasteiger partial charge in [0, 0.05) is 14.1 Å². The summed E-state index contributed by atoms with van der Waals surface area (Å²) in [5.74, 6) is -2.45. The minimum Gasteiger partial charge on any atom is -0.464 e. The second-order valence-electron chi connectivity index (χ2n) is 6.77. The molecule has 4 N–H and O–H groups in total. The Kier molecular flexibility index (Phi) is 9.82. The zero-order valence-corrected chi connectivity index (χ0v) is 22.1. The number of esters is 2. The third-order valence-corrected chi connectivity index (χ3v) is 5.46. The lowest BCUT2D eigenvalue weighted by Gasteiger charge is -2.17. The van der Waals surface area contributed by atoms with E-state index in [0.717, 1.165) is 0 Å². The van der Waals surface area contributed by atoms with Gasteiger partial charge < -0.3 is 25.8 Å². The molecule has 3 aromatic rings. The van der Waals surface area contributed by atoms with Crippen LogP contribution in [0.4, 0.5) is 21.7 Å². The number of methoxy groups -OCH3 is 2. The van der Waals surface area contributed by atoms with Crippen molar-refractivity contribution in [3.8, 4) is 11.4 Å². The fourth-order valence-electron chi connectivity index (χ4n) is 2.61. The number of anilines is 3. The molecule has 2 aromatic heterocycles. The van der Waals surface area contributed by atoms with Crippen LogP contribution in [0.15, 0.2) is 12.1 Å². The van der Waals surface area contributed by atoms with Gasteiger partial charge in [0.1, 0.15) is 21.7 Å². The summed E-state index contributed by atoms with van der Waals surface area (Å²) in [6.45, 7) is 0. The Morgan fingerprint density at radius 1 is 0.861 bits per heavy atom. The van der Waals surface area contributed by atoms with Gasteiger partial charge >= 0.3 is 11.9 Å². The Balaban J connectivity index is 0.000000297. The highest BCUT2D eigenvalue weighted by Gasteiger charge is 2.22. The number of carbonyl (C=O) groups is 2. The lowest BCUT2D eigenvalue weighted by atomic mass is 10.1. The van der Waals surface area contributed by atoms with E-state index in [1.54, 1.807) is 14.1 Å². The minimum atomic E-state index is -0.799. The predicted octanol–water partition coefficient (Wildman–Crippen LogP) is 4.18. The smallest absolute Gasteiger partial charge is 0.358 e. The Morgan fingerprint density at radius 2 is 1.36 bits per heavy atom. The van der Waals surface area contributed by atoms with Crippen molar-refractivity contribution in [1.29, 1.82) is 0 Å². The number of benzene rings is 1. The summed E-state index contributed by atoms with van der Waals surface area (Å²) >= 11 is 23.0. The second kappa shape index (κ2) is 12.2. The van der Waals surface area contributed by atoms with Crippen LogP contribution >= 0.6 is 46.4 Å². The van der Waals surface area contributed by atoms with Gasteiger partial charge in [0.2, 0.25) is 5.28 Å². The predicted molar refractivity (Wildman–Crippen MR) is 135 cm³/mol. The van der Waals surface area contributed by atoms with E-state index in [1.807, 2.05) is 0 Å². The summed E-state index contributed by atoms with van der Waals surface area (Å²) in [7, 11) is 5.66. The van der Waals surface area contributed by atoms with Gasteiger partial charge in [0.25, 0.3) is 0 Å². The fraction of sp³-hybridized carbons (Fsp3) is 0.200. The maximum absolute atomic E-state index is 14.7. The molecule has 0 amide bonds. The summed E-state index contributed by atoms with van der Waals surface area (Å²) in [5.41, 5.74) is 10.8. The van der Waals surface area contributed by atoms with Gasteiger partial charge in [-0.3, -0.25) is 0 Å². The van der Waals surface area contributed by atoms with Crippen LogP contribution in [0.2, 0.25) is 20.4 Å². The van der Waals surface area contributed by atoms with Crippen LogP contribution in [-0.2, 0) is 9.47 Å². The van der Waals surface area contributed by atoms with Gasteiger partial charge in [-0.25, -0.2) is 28.9 Å². The van der Waals surface area contributed by atoms with Crippen molar-refractivity contribution >= 4 is 75.7 Å². The molecular weight excluding hydrogens is 563 g/mol. The number of aromatic nitrogens is 4. The molecule has 0 fully saturated rings. The molecular formula is C20H18Cl4FN7O4. The average molecular weight is 581 g/mol. The standard InChI is InChI=1S/C14H13Cl2FN4O2.C6H5Cl2N3O2/c1-21(2)11-7(15)5-4-6(9(11)17)13-19-10(14(22)23-3)8(16)12(18)20-13;1-13-5(12)3-2(7)4(9)11-6(8)10-3/h4-5H,1-3H3,(H2,18,19,20);1H3,(H2,9,10,11). The van der Waals surface area contributed by atoms with E-state index in [2.05, 4.69) is 29.4 Å². The Bertz CT molecular complexity index is 1330. The highest BCUT2D eigenvalue weighted by atomic mass is 35.5. The van der Waals surface area contributed by atoms with Gasteiger partial charge in [-0.2, -0.15) is 4.98 Å². The molecule has 0 saturated heterocycles. The first-order valence-electron chi connectivity index (χ1n) is 9.47. The lowest BCUT2D eigenvalue weighted by molar-refractivity contribution is 0.0585. The third kappa shape index (κ3) is 6.32. The minimum absolute atomic E-state index is 0.0339. The molecule has 0 spiro atoms. The van der Waals surface area contributed by atoms with Crippen molar-refractivity contribution in [2.24, 2.45) is 0 Å². The van der Waals surface area contributed by atoms with Crippen molar-refractivity contribution in [2.45, 2.75) is 0 Å². The molecule has 0 aliphatic carbocycles. The topological polar surface area (TPSA) is 159 Å². The molecule has 0 bridgehead atoms. The lowest BCUT2D eigenvalue weighted by Crippen LogP contribution is -2.13. The third-order valence-electron chi connectivity index (χ3n) is 4.24. The molecule has 0 saturated carbocycles. The molecule has 0 atom stereocenters. The van der Waals surface area contributed by atoms with Crippen LogP contribution in [-0.4, -0.2) is 60.2 Å². The molecule has 0 aliphatic heterocycles. The number of nitrogen functional groups attached to an aromatic ring is 2. The maximum atomic E-state index is 14.7. The first-order valence-corrected chi connectivity index (χ1v) is 11.0. The van der Waals surface area contributed by atoms with Crippen molar-refractivity contribution < 1.29 is 23.5 Å². The highest BCUT2D eigenvalue weighted by molar-refractivity contribution is 6.36. The van der Waals surface area contributed by atoms with E-state index >= 15 is 0 Å². The number of ether oxygens (including phenoxy) is 2. The monoisotopic (exact) mass is 579 g/mol. The van der Waals surface area contributed by atoms with Gasteiger partial charge in [-0.15, -0.1) is 0 Å². The molecule has 192 valence electrons. The zero-order valence-electron chi connectivity index (χ0n) is 19.1. The van der Waals surface area contributed by atoms with E-state index in [9.17, 15) is 14.0 Å². The molecule has 11 nitrogen and oxygen atoms in total. The van der Waals surface area contributed by atoms with Crippen LogP contribution in [0, 0.1) is 5.82 Å². The van der Waals surface area contributed by atoms with Crippen LogP contribution in [0.3, 0.4) is 0 Å². The normalized spacial score (nSPS) is 10.2. The van der Waals surface area contributed by atoms with Crippen molar-refractivity contribution in [3.05, 3.63) is 49.7 Å². The molecule has 1 aromatic carbocycles. The summed E-state index contributed by atoms with van der Waals surface area (Å²) < 4.78 is 23.7. The number of halogens is 5. The average Bonchev–Trinajstić information content (AvgIpc) is 2.82. The quantitative estimate of drug-likeness (QED) is 0.336. The number of nitrogens with zero attached hydrogens (tertiary/aromatic N) is 5. The van der Waals surface area contributed by atoms with E-state index in [4.69, 9.17) is 57.9 Å². The van der Waals surface area contributed by atoms with Gasteiger partial charge in [-0.05, 0) is 23.7 Å². The number of hydrogen-bond donors (Lipinski definition) is 2. The van der Waals surface area contributed by atoms with Crippen LogP contribution < -0.4 is 16.4 Å². The van der Waals surface area contributed by atoms with Crippen LogP contribution in [0.5, 0.6) is 0 Å². The number of carbonyl (C=O) groups excluding carboxylic acids is 2. The summed E-state index contributed by atoms with van der Waals surface area (Å²) in [6, 6.07) is 2.90. The summed E-state index contributed by atoms with van der Waals surface area (Å²) in [4.78, 5) is 39.3. The second-order valence-corrected chi connectivity index (χ2v) is 8.27. The fourth-order valence-corrected chi connectivity index (χ4v) is 3.42. The van der Waals surface area contributed by atoms with Crippen LogP contribution in [0.1, 0.15) is 21.0 Å². The SMILES string of the molecule is COC(=O)c1nc(-c2ccc(Cl)c(N(C)C)c2F)nc(N)c1Cl.COC(=O)c1nc(Cl)nc(N)c1Cl. The Hall–Kier alpha value is -3.19. The molecule has 2 heterocycles. The largest absolute Gasteiger partial charge is 0.464 e. The van der Waals surface area contributed by atoms with E-state index in [-0.39, 0.29) is 60.5 Å². The van der Waals surface area contributed by atoms with Crippen LogP contribution in [0.25, 0.3) is 11.4 Å². The first kappa shape index (κ1) is 29.0. The van der Waals surface area contributed by atoms with E-state index < -0.39 is 17.8 Å². The molecule has 16 heteroatoms. The zero-order chi connectivity index (χ0) is 27.3. The highest BCUT2D eigenvalue weighted by Crippen LogP contribution is 2.35. The number of hydrogen-bond acceptors (Lipinski definition) is 11. The molecule has 0 radical (unpaired) electrons. The Morgan fingerprint density at radius 3 is 1.86 bits per heavy atom. The molecule has 3 rings (SSSR count). The number of nitrogens with two attached hydrogens (primary N) is 2. The molecule has 0 unspecified atom stereocenters. The molecule has 0 aliphatic rings. The maximum Gasteiger partial charge on any atom is 0.358 e. The van der Waals surface area contributed by atoms with E-state index in [1.165, 1.54) is 31.3 Å². The first-order chi connectivity index (χ1) is 16.8. The Labute approximate surface area is 224 Å². The van der Waals surface area contributed by atoms with Gasteiger partial charge in [0.05, 0.1) is 30.5 Å². The van der Waals surface area contributed by atoms with Gasteiger partial charge in [0.15, 0.2) is 23.0 Å². The molecule has 36 heavy (non-hydrogen) atoms.